The van der Waals surface area contributed by atoms with Gasteiger partial charge in [-0.3, -0.25) is 14.2 Å². The third-order valence-electron chi connectivity index (χ3n) is 5.89. The molecule has 1 aromatic heterocycles. The molecule has 10 nitrogen and oxygen atoms in total. The Hall–Kier alpha value is -3.40. The number of carboxylic acid groups (broad SMARTS) is 2. The van der Waals surface area contributed by atoms with Gasteiger partial charge in [0, 0.05) is 30.5 Å². The second-order valence-electron chi connectivity index (χ2n) is 7.80. The molecule has 2 aromatic rings. The standard InChI is InChI=1S/C21H27N5O5/c1-15-12-23-16(2)25(15)9-8-22-19(27)18-13-24(20(28)29)10-11-26(18,21(30)31)14-17-6-4-3-5-7-17/h3-7,12,18H,8-11,13-14H2,1-2H3,(H2-,22,27,28,29,30,31)/t18-,26?/m1/s1. The van der Waals surface area contributed by atoms with E-state index in [2.05, 4.69) is 10.3 Å². The Balaban J connectivity index is 1.82. The number of amides is 3. The molecular weight excluding hydrogens is 402 g/mol. The van der Waals surface area contributed by atoms with E-state index < -0.39 is 28.6 Å². The van der Waals surface area contributed by atoms with Gasteiger partial charge < -0.3 is 24.9 Å². The zero-order valence-electron chi connectivity index (χ0n) is 17.7. The summed E-state index contributed by atoms with van der Waals surface area (Å²) in [6, 6.07) is 7.84. The number of nitrogens with zero attached hydrogens (tertiary/aromatic N) is 4. The number of benzene rings is 1. The van der Waals surface area contributed by atoms with Gasteiger partial charge in [-0.25, -0.2) is 9.78 Å². The van der Waals surface area contributed by atoms with E-state index in [1.807, 2.05) is 24.5 Å². The largest absolute Gasteiger partial charge is 0.498 e. The summed E-state index contributed by atoms with van der Waals surface area (Å²) in [6.07, 6.45) is -0.838. The van der Waals surface area contributed by atoms with Crippen molar-refractivity contribution in [2.24, 2.45) is 0 Å². The van der Waals surface area contributed by atoms with Gasteiger partial charge in [0.05, 0.1) is 13.1 Å². The third-order valence-corrected chi connectivity index (χ3v) is 5.89. The highest BCUT2D eigenvalue weighted by molar-refractivity contribution is 5.83. The van der Waals surface area contributed by atoms with Gasteiger partial charge in [0.1, 0.15) is 18.9 Å². The fraction of sp³-hybridized carbons (Fsp3) is 0.429. The van der Waals surface area contributed by atoms with Crippen molar-refractivity contribution >= 4 is 18.1 Å². The van der Waals surface area contributed by atoms with Crippen molar-refractivity contribution in [1.82, 2.24) is 19.8 Å². The summed E-state index contributed by atoms with van der Waals surface area (Å²) in [5.74, 6) is 0.298. The van der Waals surface area contributed by atoms with Gasteiger partial charge in [0.25, 0.3) is 12.0 Å². The van der Waals surface area contributed by atoms with Crippen LogP contribution in [0.4, 0.5) is 9.59 Å². The summed E-state index contributed by atoms with van der Waals surface area (Å²) >= 11 is 0. The van der Waals surface area contributed by atoms with Crippen molar-refractivity contribution in [2.45, 2.75) is 33.0 Å². The maximum absolute atomic E-state index is 13.1. The van der Waals surface area contributed by atoms with Gasteiger partial charge >= 0.3 is 6.09 Å². The van der Waals surface area contributed by atoms with Crippen LogP contribution in [0.5, 0.6) is 0 Å². The van der Waals surface area contributed by atoms with Crippen LogP contribution >= 0.6 is 0 Å². The van der Waals surface area contributed by atoms with E-state index in [0.717, 1.165) is 22.0 Å². The lowest BCUT2D eigenvalue weighted by molar-refractivity contribution is -0.907. The maximum Gasteiger partial charge on any atom is 0.407 e. The third kappa shape index (κ3) is 4.69. The first-order valence-corrected chi connectivity index (χ1v) is 10.1. The molecule has 1 aliphatic heterocycles. The summed E-state index contributed by atoms with van der Waals surface area (Å²) in [6.45, 7) is 4.28. The van der Waals surface area contributed by atoms with Crippen molar-refractivity contribution < 1.29 is 29.1 Å². The smallest absolute Gasteiger partial charge is 0.407 e. The van der Waals surface area contributed by atoms with Crippen LogP contribution in [0.15, 0.2) is 36.5 Å². The van der Waals surface area contributed by atoms with Crippen LogP contribution in [0.25, 0.3) is 0 Å². The molecule has 2 N–H and O–H groups in total. The van der Waals surface area contributed by atoms with Crippen LogP contribution < -0.4 is 10.4 Å². The number of carbonyl (C=O) groups is 3. The summed E-state index contributed by atoms with van der Waals surface area (Å²) < 4.78 is 1.29. The summed E-state index contributed by atoms with van der Waals surface area (Å²) in [4.78, 5) is 42.3. The molecule has 0 aliphatic carbocycles. The quantitative estimate of drug-likeness (QED) is 0.638. The molecule has 0 radical (unpaired) electrons. The lowest BCUT2D eigenvalue weighted by atomic mass is 10.0. The lowest BCUT2D eigenvalue weighted by Gasteiger charge is -2.48. The number of aryl methyl sites for hydroxylation is 2. The number of piperazine rings is 1. The van der Waals surface area contributed by atoms with Gasteiger partial charge in [-0.05, 0) is 13.8 Å². The van der Waals surface area contributed by atoms with E-state index in [9.17, 15) is 24.6 Å². The van der Waals surface area contributed by atoms with Crippen LogP contribution in [0.3, 0.4) is 0 Å². The molecule has 0 saturated carbocycles. The predicted octanol–water partition coefficient (Wildman–Crippen LogP) is 0.339. The molecule has 0 spiro atoms. The fourth-order valence-electron chi connectivity index (χ4n) is 4.10. The topological polar surface area (TPSA) is 128 Å². The average Bonchev–Trinajstić information content (AvgIpc) is 3.06. The number of rotatable bonds is 6. The molecule has 0 bridgehead atoms. The van der Waals surface area contributed by atoms with E-state index in [4.69, 9.17) is 0 Å². The van der Waals surface area contributed by atoms with Crippen LogP contribution in [0, 0.1) is 13.8 Å². The normalized spacial score (nSPS) is 21.0. The molecule has 166 valence electrons. The Morgan fingerprint density at radius 2 is 1.97 bits per heavy atom. The Bertz CT molecular complexity index is 941. The molecule has 1 saturated heterocycles. The van der Waals surface area contributed by atoms with E-state index in [1.54, 1.807) is 30.5 Å². The van der Waals surface area contributed by atoms with E-state index in [-0.39, 0.29) is 32.7 Å². The van der Waals surface area contributed by atoms with Crippen molar-refractivity contribution in [3.8, 4) is 0 Å². The number of imidazole rings is 1. The van der Waals surface area contributed by atoms with Gasteiger partial charge in [0.15, 0.2) is 6.04 Å². The van der Waals surface area contributed by atoms with E-state index >= 15 is 0 Å². The first-order chi connectivity index (χ1) is 14.7. The minimum absolute atomic E-state index is 0.00729. The monoisotopic (exact) mass is 429 g/mol. The molecule has 3 rings (SSSR count). The molecule has 2 heterocycles. The van der Waals surface area contributed by atoms with Gasteiger partial charge in [-0.1, -0.05) is 30.3 Å². The highest BCUT2D eigenvalue weighted by atomic mass is 16.4. The minimum Gasteiger partial charge on any atom is -0.498 e. The second kappa shape index (κ2) is 9.17. The molecule has 2 atom stereocenters. The summed E-state index contributed by atoms with van der Waals surface area (Å²) in [5, 5.41) is 24.5. The highest BCUT2D eigenvalue weighted by Crippen LogP contribution is 2.25. The van der Waals surface area contributed by atoms with Crippen molar-refractivity contribution in [2.75, 3.05) is 26.2 Å². The Kier molecular flexibility index (Phi) is 6.59. The average molecular weight is 429 g/mol. The Morgan fingerprint density at radius 1 is 1.26 bits per heavy atom. The molecule has 31 heavy (non-hydrogen) atoms. The number of aromatic nitrogens is 2. The first kappa shape index (κ1) is 22.3. The number of nitrogens with one attached hydrogen (secondary N) is 1. The lowest BCUT2D eigenvalue weighted by Crippen LogP contribution is -2.74. The molecular formula is C21H27N5O5. The first-order valence-electron chi connectivity index (χ1n) is 10.1. The number of hydrogen-bond donors (Lipinski definition) is 2. The minimum atomic E-state index is -1.39. The summed E-state index contributed by atoms with van der Waals surface area (Å²) in [5.41, 5.74) is 1.68. The highest BCUT2D eigenvalue weighted by Gasteiger charge is 2.49. The van der Waals surface area contributed by atoms with Crippen molar-refractivity contribution in [1.29, 1.82) is 0 Å². The SMILES string of the molecule is Cc1cnc(C)n1CCNC(=O)[C@H]1CN(C(=O)O)CC[N+]1(Cc1ccccc1)C(=O)[O-]. The summed E-state index contributed by atoms with van der Waals surface area (Å²) in [7, 11) is 0. The van der Waals surface area contributed by atoms with Gasteiger partial charge in [-0.2, -0.15) is 0 Å². The molecule has 10 heteroatoms. The molecule has 1 aromatic carbocycles. The number of quaternary nitrogens is 1. The van der Waals surface area contributed by atoms with Crippen LogP contribution in [-0.4, -0.2) is 74.4 Å². The number of hydrogen-bond acceptors (Lipinski definition) is 5. The second-order valence-corrected chi connectivity index (χ2v) is 7.80. The van der Waals surface area contributed by atoms with Crippen LogP contribution in [0.1, 0.15) is 17.1 Å². The molecule has 1 unspecified atom stereocenters. The van der Waals surface area contributed by atoms with Gasteiger partial charge in [0.2, 0.25) is 0 Å². The van der Waals surface area contributed by atoms with Crippen molar-refractivity contribution in [3.63, 3.8) is 0 Å². The fourth-order valence-corrected chi connectivity index (χ4v) is 4.10. The zero-order chi connectivity index (χ0) is 22.6. The van der Waals surface area contributed by atoms with Gasteiger partial charge in [-0.15, -0.1) is 0 Å². The Morgan fingerprint density at radius 3 is 2.55 bits per heavy atom. The van der Waals surface area contributed by atoms with Crippen LogP contribution in [-0.2, 0) is 17.9 Å². The van der Waals surface area contributed by atoms with E-state index in [0.29, 0.717) is 6.54 Å². The van der Waals surface area contributed by atoms with Crippen LogP contribution in [0.2, 0.25) is 0 Å². The predicted molar refractivity (Wildman–Crippen MR) is 109 cm³/mol. The molecule has 1 fully saturated rings. The Labute approximate surface area is 180 Å². The molecule has 1 aliphatic rings. The zero-order valence-corrected chi connectivity index (χ0v) is 17.7. The van der Waals surface area contributed by atoms with Crippen molar-refractivity contribution in [3.05, 3.63) is 53.6 Å². The molecule has 3 amide bonds. The number of carbonyl (C=O) groups excluding carboxylic acids is 2. The van der Waals surface area contributed by atoms with E-state index in [1.165, 1.54) is 0 Å². The maximum atomic E-state index is 13.1.